The van der Waals surface area contributed by atoms with Crippen LogP contribution < -0.4 is 0 Å². The van der Waals surface area contributed by atoms with Gasteiger partial charge >= 0.3 is 5.97 Å². The van der Waals surface area contributed by atoms with Crippen molar-refractivity contribution in [3.05, 3.63) is 61.2 Å². The van der Waals surface area contributed by atoms with E-state index in [2.05, 4.69) is 25.3 Å². The summed E-state index contributed by atoms with van der Waals surface area (Å²) in [5.74, 6) is -0.187. The lowest BCUT2D eigenvalue weighted by atomic mass is 10.1. The van der Waals surface area contributed by atoms with E-state index in [9.17, 15) is 4.79 Å². The fourth-order valence-electron chi connectivity index (χ4n) is 1.65. The van der Waals surface area contributed by atoms with E-state index in [1.54, 1.807) is 12.2 Å². The molecule has 0 radical (unpaired) electrons. The minimum Gasteiger partial charge on any atom is -0.454 e. The molecule has 0 aromatic heterocycles. The van der Waals surface area contributed by atoms with Crippen molar-refractivity contribution in [3.63, 3.8) is 0 Å². The third-order valence-corrected chi connectivity index (χ3v) is 2.67. The average molecular weight is 244 g/mol. The van der Waals surface area contributed by atoms with Crippen molar-refractivity contribution in [2.75, 3.05) is 0 Å². The van der Waals surface area contributed by atoms with Crippen LogP contribution in [0.15, 0.2) is 55.6 Å². The number of benzene rings is 1. The average Bonchev–Trinajstić information content (AvgIpc) is 2.42. The molecule has 18 heavy (non-hydrogen) atoms. The Kier molecular flexibility index (Phi) is 6.55. The first-order chi connectivity index (χ1) is 8.76. The van der Waals surface area contributed by atoms with Gasteiger partial charge in [0.1, 0.15) is 6.10 Å². The van der Waals surface area contributed by atoms with Gasteiger partial charge in [-0.25, -0.2) is 0 Å². The van der Waals surface area contributed by atoms with Crippen LogP contribution in [0, 0.1) is 0 Å². The SMILES string of the molecule is C=CC(C=C)OC(=O)CCCCc1ccccc1. The fourth-order valence-corrected chi connectivity index (χ4v) is 1.65. The van der Waals surface area contributed by atoms with Gasteiger partial charge in [0.2, 0.25) is 0 Å². The molecule has 2 nitrogen and oxygen atoms in total. The number of aryl methyl sites for hydroxylation is 1. The molecule has 1 aromatic rings. The summed E-state index contributed by atoms with van der Waals surface area (Å²) in [6.45, 7) is 7.15. The Morgan fingerprint density at radius 2 is 1.83 bits per heavy atom. The third-order valence-electron chi connectivity index (χ3n) is 2.67. The largest absolute Gasteiger partial charge is 0.454 e. The van der Waals surface area contributed by atoms with Crippen LogP contribution in [0.2, 0.25) is 0 Å². The number of unbranched alkanes of at least 4 members (excludes halogenated alkanes) is 1. The van der Waals surface area contributed by atoms with Crippen LogP contribution in [-0.2, 0) is 16.0 Å². The molecule has 0 saturated heterocycles. The van der Waals surface area contributed by atoms with Crippen molar-refractivity contribution in [1.29, 1.82) is 0 Å². The Balaban J connectivity index is 2.16. The molecule has 0 atom stereocenters. The lowest BCUT2D eigenvalue weighted by molar-refractivity contribution is -0.145. The predicted molar refractivity (Wildman–Crippen MR) is 74.3 cm³/mol. The molecule has 0 spiro atoms. The molecule has 0 N–H and O–H groups in total. The van der Waals surface area contributed by atoms with Crippen molar-refractivity contribution < 1.29 is 9.53 Å². The van der Waals surface area contributed by atoms with Gasteiger partial charge in [-0.2, -0.15) is 0 Å². The molecule has 0 amide bonds. The highest BCUT2D eigenvalue weighted by Gasteiger charge is 2.07. The van der Waals surface area contributed by atoms with Crippen molar-refractivity contribution in [2.24, 2.45) is 0 Å². The fraction of sp³-hybridized carbons (Fsp3) is 0.312. The van der Waals surface area contributed by atoms with Gasteiger partial charge < -0.3 is 4.74 Å². The first kappa shape index (κ1) is 14.2. The van der Waals surface area contributed by atoms with Gasteiger partial charge in [0.15, 0.2) is 0 Å². The number of hydrogen-bond acceptors (Lipinski definition) is 2. The van der Waals surface area contributed by atoms with E-state index in [1.165, 1.54) is 5.56 Å². The van der Waals surface area contributed by atoms with Gasteiger partial charge in [-0.15, -0.1) is 0 Å². The standard InChI is InChI=1S/C16H20O2/c1-3-15(4-2)18-16(17)13-9-8-12-14-10-6-5-7-11-14/h3-7,10-11,15H,1-2,8-9,12-13H2. The molecule has 96 valence electrons. The van der Waals surface area contributed by atoms with E-state index >= 15 is 0 Å². The van der Waals surface area contributed by atoms with Crippen LogP contribution in [-0.4, -0.2) is 12.1 Å². The van der Waals surface area contributed by atoms with Crippen LogP contribution in [0.5, 0.6) is 0 Å². The number of carbonyl (C=O) groups excluding carboxylic acids is 1. The summed E-state index contributed by atoms with van der Waals surface area (Å²) in [5.41, 5.74) is 1.31. The Morgan fingerprint density at radius 3 is 2.44 bits per heavy atom. The van der Waals surface area contributed by atoms with Gasteiger partial charge in [0, 0.05) is 6.42 Å². The van der Waals surface area contributed by atoms with Gasteiger partial charge in [-0.1, -0.05) is 43.5 Å². The van der Waals surface area contributed by atoms with E-state index < -0.39 is 0 Å². The Bertz CT molecular complexity index is 373. The van der Waals surface area contributed by atoms with Crippen LogP contribution in [0.3, 0.4) is 0 Å². The van der Waals surface area contributed by atoms with Crippen molar-refractivity contribution >= 4 is 5.97 Å². The normalized spacial score (nSPS) is 10.1. The molecule has 0 aliphatic carbocycles. The van der Waals surface area contributed by atoms with E-state index in [0.717, 1.165) is 19.3 Å². The maximum Gasteiger partial charge on any atom is 0.306 e. The maximum absolute atomic E-state index is 11.5. The highest BCUT2D eigenvalue weighted by atomic mass is 16.5. The van der Waals surface area contributed by atoms with E-state index in [4.69, 9.17) is 4.74 Å². The summed E-state index contributed by atoms with van der Waals surface area (Å²) < 4.78 is 5.13. The Morgan fingerprint density at radius 1 is 1.17 bits per heavy atom. The molecule has 2 heteroatoms. The van der Waals surface area contributed by atoms with Crippen LogP contribution in [0.25, 0.3) is 0 Å². The molecule has 0 aliphatic heterocycles. The Labute approximate surface area is 109 Å². The number of hydrogen-bond donors (Lipinski definition) is 0. The van der Waals surface area contributed by atoms with Gasteiger partial charge in [0.05, 0.1) is 0 Å². The number of ether oxygens (including phenoxy) is 1. The molecule has 0 aliphatic rings. The molecule has 0 saturated carbocycles. The first-order valence-electron chi connectivity index (χ1n) is 6.24. The molecular formula is C16H20O2. The monoisotopic (exact) mass is 244 g/mol. The molecule has 0 bridgehead atoms. The summed E-state index contributed by atoms with van der Waals surface area (Å²) >= 11 is 0. The zero-order chi connectivity index (χ0) is 13.2. The number of carbonyl (C=O) groups is 1. The third kappa shape index (κ3) is 5.48. The second-order valence-electron chi connectivity index (χ2n) is 4.12. The van der Waals surface area contributed by atoms with Crippen LogP contribution in [0.4, 0.5) is 0 Å². The highest BCUT2D eigenvalue weighted by molar-refractivity contribution is 5.69. The molecule has 0 heterocycles. The summed E-state index contributed by atoms with van der Waals surface area (Å²) in [6, 6.07) is 10.3. The molecular weight excluding hydrogens is 224 g/mol. The first-order valence-corrected chi connectivity index (χ1v) is 6.24. The summed E-state index contributed by atoms with van der Waals surface area (Å²) in [5, 5.41) is 0. The Hall–Kier alpha value is -1.83. The smallest absolute Gasteiger partial charge is 0.306 e. The van der Waals surface area contributed by atoms with E-state index in [-0.39, 0.29) is 12.1 Å². The minimum atomic E-state index is -0.369. The second kappa shape index (κ2) is 8.29. The molecule has 1 aromatic carbocycles. The predicted octanol–water partition coefficient (Wildman–Crippen LogP) is 3.68. The highest BCUT2D eigenvalue weighted by Crippen LogP contribution is 2.07. The molecule has 0 unspecified atom stereocenters. The number of rotatable bonds is 8. The quantitative estimate of drug-likeness (QED) is 0.396. The minimum absolute atomic E-state index is 0.187. The van der Waals surface area contributed by atoms with E-state index in [1.807, 2.05) is 18.2 Å². The lowest BCUT2D eigenvalue weighted by Gasteiger charge is -2.09. The summed E-state index contributed by atoms with van der Waals surface area (Å²) in [4.78, 5) is 11.5. The second-order valence-corrected chi connectivity index (χ2v) is 4.12. The zero-order valence-electron chi connectivity index (χ0n) is 10.7. The molecule has 1 rings (SSSR count). The summed E-state index contributed by atoms with van der Waals surface area (Å²) in [7, 11) is 0. The summed E-state index contributed by atoms with van der Waals surface area (Å²) in [6.07, 6.45) is 6.04. The topological polar surface area (TPSA) is 26.3 Å². The van der Waals surface area contributed by atoms with Crippen LogP contribution in [0.1, 0.15) is 24.8 Å². The van der Waals surface area contributed by atoms with Crippen molar-refractivity contribution in [3.8, 4) is 0 Å². The van der Waals surface area contributed by atoms with Gasteiger partial charge in [-0.3, -0.25) is 4.79 Å². The van der Waals surface area contributed by atoms with Crippen molar-refractivity contribution in [1.82, 2.24) is 0 Å². The zero-order valence-corrected chi connectivity index (χ0v) is 10.7. The van der Waals surface area contributed by atoms with Crippen LogP contribution >= 0.6 is 0 Å². The maximum atomic E-state index is 11.5. The molecule has 0 fully saturated rings. The van der Waals surface area contributed by atoms with Crippen molar-refractivity contribution in [2.45, 2.75) is 31.8 Å². The number of esters is 1. The lowest BCUT2D eigenvalue weighted by Crippen LogP contribution is -2.13. The van der Waals surface area contributed by atoms with Gasteiger partial charge in [-0.05, 0) is 37.0 Å². The van der Waals surface area contributed by atoms with E-state index in [0.29, 0.717) is 6.42 Å². The van der Waals surface area contributed by atoms with Gasteiger partial charge in [0.25, 0.3) is 0 Å².